The molecule has 8 heteroatoms. The summed E-state index contributed by atoms with van der Waals surface area (Å²) in [6, 6.07) is 11.1. The van der Waals surface area contributed by atoms with Crippen LogP contribution in [0.15, 0.2) is 46.6 Å². The minimum Gasteiger partial charge on any atom is -0.350 e. The predicted molar refractivity (Wildman–Crippen MR) is 108 cm³/mol. The van der Waals surface area contributed by atoms with E-state index in [4.69, 9.17) is 11.6 Å². The summed E-state index contributed by atoms with van der Waals surface area (Å²) in [6.07, 6.45) is 0.653. The second-order valence-electron chi connectivity index (χ2n) is 6.17. The normalized spacial score (nSPS) is 11.3. The standard InChI is InChI=1S/C19H17ClN4O2S/c1-2-17-22-23(11-18(25)21-10-12-4-3-5-13(20)8-12)19(26)15-9-16-14(24(15)17)6-7-27-16/h3-9H,2,10-11H2,1H3,(H,21,25). The summed E-state index contributed by atoms with van der Waals surface area (Å²) in [5, 5.41) is 9.83. The minimum atomic E-state index is -0.274. The molecule has 0 saturated heterocycles. The molecule has 27 heavy (non-hydrogen) atoms. The van der Waals surface area contributed by atoms with Gasteiger partial charge in [-0.25, -0.2) is 4.68 Å². The maximum atomic E-state index is 12.8. The Morgan fingerprint density at radius 3 is 2.89 bits per heavy atom. The van der Waals surface area contributed by atoms with E-state index in [0.29, 0.717) is 23.5 Å². The van der Waals surface area contributed by atoms with Crippen LogP contribution in [0.1, 0.15) is 18.3 Å². The Morgan fingerprint density at radius 1 is 1.26 bits per heavy atom. The van der Waals surface area contributed by atoms with Crippen LogP contribution in [0.4, 0.5) is 0 Å². The molecule has 4 rings (SSSR count). The van der Waals surface area contributed by atoms with E-state index in [9.17, 15) is 9.59 Å². The Kier molecular flexibility index (Phi) is 4.72. The molecular weight excluding hydrogens is 384 g/mol. The third-order valence-corrected chi connectivity index (χ3v) is 5.45. The number of carbonyl (C=O) groups is 1. The lowest BCUT2D eigenvalue weighted by atomic mass is 10.2. The van der Waals surface area contributed by atoms with Gasteiger partial charge in [-0.1, -0.05) is 30.7 Å². The number of benzene rings is 1. The molecule has 0 saturated carbocycles. The van der Waals surface area contributed by atoms with Crippen LogP contribution < -0.4 is 10.9 Å². The van der Waals surface area contributed by atoms with Crippen molar-refractivity contribution in [2.75, 3.05) is 0 Å². The first-order chi connectivity index (χ1) is 13.1. The van der Waals surface area contributed by atoms with Gasteiger partial charge in [-0.2, -0.15) is 5.10 Å². The van der Waals surface area contributed by atoms with Crippen LogP contribution in [0.25, 0.3) is 15.7 Å². The number of thiophene rings is 1. The molecular formula is C19H17ClN4O2S. The Morgan fingerprint density at radius 2 is 2.11 bits per heavy atom. The van der Waals surface area contributed by atoms with Crippen molar-refractivity contribution >= 4 is 44.6 Å². The fourth-order valence-corrected chi connectivity index (χ4v) is 4.11. The molecule has 138 valence electrons. The molecule has 0 atom stereocenters. The summed E-state index contributed by atoms with van der Waals surface area (Å²) in [6.45, 7) is 2.20. The molecule has 1 N–H and O–H groups in total. The van der Waals surface area contributed by atoms with Crippen LogP contribution in [-0.4, -0.2) is 20.1 Å². The average Bonchev–Trinajstić information content (AvgIpc) is 3.24. The number of aryl methyl sites for hydroxylation is 1. The summed E-state index contributed by atoms with van der Waals surface area (Å²) in [7, 11) is 0. The molecule has 0 aliphatic heterocycles. The first kappa shape index (κ1) is 17.8. The number of amides is 1. The van der Waals surface area contributed by atoms with E-state index in [1.54, 1.807) is 23.5 Å². The number of halogens is 1. The first-order valence-corrected chi connectivity index (χ1v) is 9.82. The third-order valence-electron chi connectivity index (χ3n) is 4.36. The molecule has 0 fully saturated rings. The van der Waals surface area contributed by atoms with E-state index < -0.39 is 0 Å². The van der Waals surface area contributed by atoms with E-state index in [-0.39, 0.29) is 18.0 Å². The van der Waals surface area contributed by atoms with Crippen molar-refractivity contribution < 1.29 is 4.79 Å². The van der Waals surface area contributed by atoms with Crippen molar-refractivity contribution in [1.29, 1.82) is 0 Å². The Hall–Kier alpha value is -2.64. The summed E-state index contributed by atoms with van der Waals surface area (Å²) < 4.78 is 4.16. The van der Waals surface area contributed by atoms with Gasteiger partial charge in [0.15, 0.2) is 0 Å². The van der Waals surface area contributed by atoms with Gasteiger partial charge in [0, 0.05) is 18.0 Å². The first-order valence-electron chi connectivity index (χ1n) is 8.56. The molecule has 3 aromatic heterocycles. The average molecular weight is 401 g/mol. The smallest absolute Gasteiger partial charge is 0.291 e. The molecule has 6 nitrogen and oxygen atoms in total. The zero-order chi connectivity index (χ0) is 19.0. The summed E-state index contributed by atoms with van der Waals surface area (Å²) >= 11 is 7.53. The third kappa shape index (κ3) is 3.36. The zero-order valence-corrected chi connectivity index (χ0v) is 16.2. The predicted octanol–water partition coefficient (Wildman–Crippen LogP) is 3.24. The highest BCUT2D eigenvalue weighted by Gasteiger charge is 2.15. The summed E-state index contributed by atoms with van der Waals surface area (Å²) in [4.78, 5) is 25.1. The second kappa shape index (κ2) is 7.17. The highest BCUT2D eigenvalue weighted by molar-refractivity contribution is 7.17. The number of hydrogen-bond acceptors (Lipinski definition) is 4. The van der Waals surface area contributed by atoms with Crippen LogP contribution in [0.3, 0.4) is 0 Å². The van der Waals surface area contributed by atoms with Crippen molar-refractivity contribution in [1.82, 2.24) is 19.5 Å². The van der Waals surface area contributed by atoms with Crippen LogP contribution >= 0.6 is 22.9 Å². The molecule has 0 aliphatic rings. The van der Waals surface area contributed by atoms with Crippen molar-refractivity contribution in [3.8, 4) is 0 Å². The van der Waals surface area contributed by atoms with Crippen LogP contribution in [-0.2, 0) is 24.3 Å². The Balaban J connectivity index is 1.60. The lowest BCUT2D eigenvalue weighted by Crippen LogP contribution is -2.35. The number of rotatable bonds is 5. The number of hydrogen-bond donors (Lipinski definition) is 1. The lowest BCUT2D eigenvalue weighted by Gasteiger charge is -2.10. The van der Waals surface area contributed by atoms with Gasteiger partial charge in [-0.05, 0) is 35.2 Å². The molecule has 1 amide bonds. The van der Waals surface area contributed by atoms with Gasteiger partial charge in [-0.3, -0.25) is 14.0 Å². The quantitative estimate of drug-likeness (QED) is 0.559. The van der Waals surface area contributed by atoms with Crippen molar-refractivity contribution in [3.63, 3.8) is 0 Å². The van der Waals surface area contributed by atoms with Crippen molar-refractivity contribution in [2.45, 2.75) is 26.4 Å². The maximum Gasteiger partial charge on any atom is 0.291 e. The molecule has 1 aromatic carbocycles. The van der Waals surface area contributed by atoms with Crippen LogP contribution in [0.2, 0.25) is 5.02 Å². The molecule has 4 aromatic rings. The van der Waals surface area contributed by atoms with Gasteiger partial charge in [0.2, 0.25) is 5.91 Å². The summed E-state index contributed by atoms with van der Waals surface area (Å²) in [5.41, 5.74) is 2.15. The molecule has 0 unspecified atom stereocenters. The number of aromatic nitrogens is 3. The molecule has 0 radical (unpaired) electrons. The van der Waals surface area contributed by atoms with E-state index in [0.717, 1.165) is 21.6 Å². The molecule has 0 spiro atoms. The highest BCUT2D eigenvalue weighted by atomic mass is 35.5. The van der Waals surface area contributed by atoms with Gasteiger partial charge in [0.05, 0.1) is 10.2 Å². The number of nitrogens with zero attached hydrogens (tertiary/aromatic N) is 3. The molecule has 3 heterocycles. The van der Waals surface area contributed by atoms with Gasteiger partial charge >= 0.3 is 0 Å². The SMILES string of the molecule is CCc1nn(CC(=O)NCc2cccc(Cl)c2)c(=O)c2cc3sccc3n12. The van der Waals surface area contributed by atoms with Gasteiger partial charge < -0.3 is 5.32 Å². The number of carbonyl (C=O) groups excluding carboxylic acids is 1. The van der Waals surface area contributed by atoms with E-state index in [1.807, 2.05) is 41.0 Å². The van der Waals surface area contributed by atoms with E-state index >= 15 is 0 Å². The Labute approximate surface area is 164 Å². The largest absolute Gasteiger partial charge is 0.350 e. The van der Waals surface area contributed by atoms with Gasteiger partial charge in [0.1, 0.15) is 17.9 Å². The summed E-state index contributed by atoms with van der Waals surface area (Å²) in [5.74, 6) is 0.477. The minimum absolute atomic E-state index is 0.123. The fourth-order valence-electron chi connectivity index (χ4n) is 3.10. The van der Waals surface area contributed by atoms with Gasteiger partial charge in [-0.15, -0.1) is 11.3 Å². The fraction of sp³-hybridized carbons (Fsp3) is 0.211. The van der Waals surface area contributed by atoms with Crippen molar-refractivity contribution in [3.05, 3.63) is 68.5 Å². The van der Waals surface area contributed by atoms with Crippen LogP contribution in [0, 0.1) is 0 Å². The van der Waals surface area contributed by atoms with E-state index in [1.165, 1.54) is 4.68 Å². The van der Waals surface area contributed by atoms with Crippen molar-refractivity contribution in [2.24, 2.45) is 0 Å². The highest BCUT2D eigenvalue weighted by Crippen LogP contribution is 2.24. The van der Waals surface area contributed by atoms with Crippen LogP contribution in [0.5, 0.6) is 0 Å². The number of fused-ring (bicyclic) bond motifs is 3. The topological polar surface area (TPSA) is 68.4 Å². The maximum absolute atomic E-state index is 12.8. The van der Waals surface area contributed by atoms with E-state index in [2.05, 4.69) is 10.4 Å². The molecule has 0 aliphatic carbocycles. The number of nitrogens with one attached hydrogen (secondary N) is 1. The second-order valence-corrected chi connectivity index (χ2v) is 7.56. The zero-order valence-electron chi connectivity index (χ0n) is 14.6. The monoisotopic (exact) mass is 400 g/mol. The molecule has 0 bridgehead atoms. The lowest BCUT2D eigenvalue weighted by molar-refractivity contribution is -0.122. The van der Waals surface area contributed by atoms with Gasteiger partial charge in [0.25, 0.3) is 5.56 Å². The Bertz CT molecular complexity index is 1210.